The lowest BCUT2D eigenvalue weighted by atomic mass is 10.0. The third-order valence-corrected chi connectivity index (χ3v) is 6.20. The van der Waals surface area contributed by atoms with E-state index in [1.165, 1.54) is 17.0 Å². The van der Waals surface area contributed by atoms with E-state index in [-0.39, 0.29) is 10.9 Å². The number of thiazole rings is 1. The predicted molar refractivity (Wildman–Crippen MR) is 118 cm³/mol. The molecule has 4 rings (SSSR count). The van der Waals surface area contributed by atoms with E-state index in [4.69, 9.17) is 5.73 Å². The van der Waals surface area contributed by atoms with Gasteiger partial charge < -0.3 is 15.8 Å². The minimum atomic E-state index is -4.82. The first kappa shape index (κ1) is 23.0. The number of rotatable bonds is 6. The zero-order chi connectivity index (χ0) is 24.0. The molecule has 2 amide bonds. The Morgan fingerprint density at radius 3 is 2.42 bits per heavy atom. The summed E-state index contributed by atoms with van der Waals surface area (Å²) in [5.41, 5.74) is 4.57. The van der Waals surface area contributed by atoms with E-state index >= 15 is 0 Å². The maximum atomic E-state index is 13.6. The first-order chi connectivity index (χ1) is 15.4. The van der Waals surface area contributed by atoms with Crippen molar-refractivity contribution in [1.29, 1.82) is 0 Å². The first-order valence-electron chi connectivity index (χ1n) is 10.1. The van der Waals surface area contributed by atoms with Crippen molar-refractivity contribution < 1.29 is 27.5 Å². The van der Waals surface area contributed by atoms with Crippen molar-refractivity contribution >= 4 is 44.2 Å². The molecule has 1 aliphatic carbocycles. The van der Waals surface area contributed by atoms with Crippen LogP contribution >= 0.6 is 11.3 Å². The Morgan fingerprint density at radius 2 is 1.82 bits per heavy atom. The van der Waals surface area contributed by atoms with Crippen molar-refractivity contribution in [3.63, 3.8) is 0 Å². The molecule has 0 radical (unpaired) electrons. The number of fused-ring (bicyclic) bond motifs is 1. The maximum Gasteiger partial charge on any atom is 0.573 e. The smallest absolute Gasteiger partial charge is 0.406 e. The number of nitrogens with one attached hydrogen (secondary N) is 1. The molecule has 0 atom stereocenters. The normalized spacial score (nSPS) is 15.2. The van der Waals surface area contributed by atoms with Gasteiger partial charge in [-0.2, -0.15) is 0 Å². The third-order valence-electron chi connectivity index (χ3n) is 5.19. The summed E-state index contributed by atoms with van der Waals surface area (Å²) >= 11 is 1.03. The van der Waals surface area contributed by atoms with Gasteiger partial charge in [-0.25, -0.2) is 4.98 Å². The fraction of sp³-hybridized carbons (Fsp3) is 0.318. The van der Waals surface area contributed by atoms with Crippen LogP contribution in [0.1, 0.15) is 26.7 Å². The lowest BCUT2D eigenvalue weighted by Crippen LogP contribution is -2.59. The number of nitrogens with two attached hydrogens (primary N) is 1. The van der Waals surface area contributed by atoms with E-state index in [0.717, 1.165) is 17.4 Å². The maximum absolute atomic E-state index is 13.6. The predicted octanol–water partition coefficient (Wildman–Crippen LogP) is 4.25. The number of hydrogen-bond acceptors (Lipinski definition) is 6. The summed E-state index contributed by atoms with van der Waals surface area (Å²) < 4.78 is 42.2. The van der Waals surface area contributed by atoms with Crippen LogP contribution in [0.15, 0.2) is 48.5 Å². The number of halogens is 3. The topological polar surface area (TPSA) is 97.5 Å². The molecule has 1 fully saturated rings. The molecule has 1 aromatic heterocycles. The molecule has 1 aliphatic rings. The summed E-state index contributed by atoms with van der Waals surface area (Å²) in [5.74, 6) is -1.27. The van der Waals surface area contributed by atoms with Gasteiger partial charge in [-0.1, -0.05) is 29.5 Å². The molecule has 3 N–H and O–H groups in total. The number of nitrogens with zero attached hydrogens (tertiary/aromatic N) is 2. The molecule has 1 saturated carbocycles. The number of ether oxygens (including phenoxy) is 1. The Hall–Kier alpha value is -3.18. The number of hydrogen-bond donors (Lipinski definition) is 2. The van der Waals surface area contributed by atoms with Gasteiger partial charge in [0.1, 0.15) is 11.3 Å². The molecule has 1 heterocycles. The number of carbonyl (C=O) groups is 2. The summed E-state index contributed by atoms with van der Waals surface area (Å²) in [6.45, 7) is 3.13. The van der Waals surface area contributed by atoms with Crippen LogP contribution in [0.2, 0.25) is 0 Å². The number of carbonyl (C=O) groups excluding carboxylic acids is 2. The number of amides is 2. The Bertz CT molecular complexity index is 1210. The summed E-state index contributed by atoms with van der Waals surface area (Å²) in [7, 11) is 0. The van der Waals surface area contributed by atoms with Crippen LogP contribution in [-0.4, -0.2) is 34.2 Å². The average molecular weight is 478 g/mol. The van der Waals surface area contributed by atoms with Crippen LogP contribution in [0.25, 0.3) is 10.2 Å². The van der Waals surface area contributed by atoms with Crippen LogP contribution in [-0.2, 0) is 9.59 Å². The van der Waals surface area contributed by atoms with Gasteiger partial charge in [0.05, 0.1) is 21.4 Å². The van der Waals surface area contributed by atoms with Gasteiger partial charge in [0.25, 0.3) is 5.91 Å². The Labute approximate surface area is 191 Å². The Kier molecular flexibility index (Phi) is 5.57. The molecule has 2 aromatic carbocycles. The highest BCUT2D eigenvalue weighted by Crippen LogP contribution is 2.38. The second-order valence-corrected chi connectivity index (χ2v) is 9.39. The van der Waals surface area contributed by atoms with E-state index in [9.17, 15) is 22.8 Å². The van der Waals surface area contributed by atoms with Crippen molar-refractivity contribution in [2.24, 2.45) is 5.73 Å². The molecule has 11 heteroatoms. The van der Waals surface area contributed by atoms with Crippen LogP contribution in [0, 0.1) is 0 Å². The van der Waals surface area contributed by atoms with Crippen LogP contribution < -0.4 is 20.7 Å². The lowest BCUT2D eigenvalue weighted by Gasteiger charge is -2.32. The van der Waals surface area contributed by atoms with Crippen molar-refractivity contribution in [3.05, 3.63) is 48.5 Å². The molecule has 33 heavy (non-hydrogen) atoms. The molecular formula is C22H21F3N4O3S. The van der Waals surface area contributed by atoms with Gasteiger partial charge in [-0.05, 0) is 51.0 Å². The number of alkyl halides is 3. The fourth-order valence-corrected chi connectivity index (χ4v) is 4.19. The lowest BCUT2D eigenvalue weighted by molar-refractivity contribution is -0.274. The molecule has 3 aromatic rings. The largest absolute Gasteiger partial charge is 0.573 e. The number of benzene rings is 2. The molecule has 7 nitrogen and oxygen atoms in total. The van der Waals surface area contributed by atoms with E-state index in [1.54, 1.807) is 44.2 Å². The minimum Gasteiger partial charge on any atom is -0.406 e. The van der Waals surface area contributed by atoms with Gasteiger partial charge >= 0.3 is 6.36 Å². The van der Waals surface area contributed by atoms with Crippen molar-refractivity contribution in [3.8, 4) is 5.75 Å². The standard InChI is InChI=1S/C22H21F3N4O3S/c1-20(2,28-17(30)21(26)10-11-21)18(31)29(13-6-4-3-5-7-13)19-27-15-9-8-14(12-16(15)33-19)32-22(23,24)25/h3-9,12H,10-11,26H2,1-2H3,(H,28,30). The summed E-state index contributed by atoms with van der Waals surface area (Å²) in [6, 6.07) is 12.4. The fourth-order valence-electron chi connectivity index (χ4n) is 3.18. The van der Waals surface area contributed by atoms with Crippen molar-refractivity contribution in [1.82, 2.24) is 10.3 Å². The number of aromatic nitrogens is 1. The highest BCUT2D eigenvalue weighted by Gasteiger charge is 2.49. The van der Waals surface area contributed by atoms with Gasteiger partial charge in [0, 0.05) is 6.07 Å². The molecule has 0 spiro atoms. The van der Waals surface area contributed by atoms with Crippen LogP contribution in [0.5, 0.6) is 5.75 Å². The van der Waals surface area contributed by atoms with Crippen molar-refractivity contribution in [2.45, 2.75) is 44.1 Å². The van der Waals surface area contributed by atoms with E-state index in [2.05, 4.69) is 15.0 Å². The van der Waals surface area contributed by atoms with Gasteiger partial charge in [-0.3, -0.25) is 14.5 Å². The minimum absolute atomic E-state index is 0.238. The van der Waals surface area contributed by atoms with Crippen LogP contribution in [0.4, 0.5) is 24.0 Å². The monoisotopic (exact) mass is 478 g/mol. The second-order valence-electron chi connectivity index (χ2n) is 8.39. The molecular weight excluding hydrogens is 457 g/mol. The molecule has 0 saturated heterocycles. The average Bonchev–Trinajstić information content (AvgIpc) is 3.35. The molecule has 0 unspecified atom stereocenters. The number of anilines is 2. The highest BCUT2D eigenvalue weighted by atomic mass is 32.1. The molecule has 0 aliphatic heterocycles. The Morgan fingerprint density at radius 1 is 1.15 bits per heavy atom. The molecule has 0 bridgehead atoms. The summed E-state index contributed by atoms with van der Waals surface area (Å²) in [6.07, 6.45) is -3.73. The zero-order valence-electron chi connectivity index (χ0n) is 17.8. The van der Waals surface area contributed by atoms with E-state index < -0.39 is 29.3 Å². The SMILES string of the molecule is CC(C)(NC(=O)C1(N)CC1)C(=O)N(c1ccccc1)c1nc2ccc(OC(F)(F)F)cc2s1. The highest BCUT2D eigenvalue weighted by molar-refractivity contribution is 7.22. The van der Waals surface area contributed by atoms with E-state index in [1.807, 2.05) is 0 Å². The van der Waals surface area contributed by atoms with E-state index in [0.29, 0.717) is 28.7 Å². The van der Waals surface area contributed by atoms with Gasteiger partial charge in [0.2, 0.25) is 5.91 Å². The number of para-hydroxylation sites is 1. The van der Waals surface area contributed by atoms with Gasteiger partial charge in [0.15, 0.2) is 5.13 Å². The summed E-state index contributed by atoms with van der Waals surface area (Å²) in [4.78, 5) is 31.9. The van der Waals surface area contributed by atoms with Crippen LogP contribution in [0.3, 0.4) is 0 Å². The molecule has 174 valence electrons. The Balaban J connectivity index is 1.71. The summed E-state index contributed by atoms with van der Waals surface area (Å²) in [5, 5.41) is 2.96. The zero-order valence-corrected chi connectivity index (χ0v) is 18.6. The quantitative estimate of drug-likeness (QED) is 0.552. The first-order valence-corrected chi connectivity index (χ1v) is 10.9. The van der Waals surface area contributed by atoms with Crippen molar-refractivity contribution in [2.75, 3.05) is 4.90 Å². The second kappa shape index (κ2) is 7.99. The van der Waals surface area contributed by atoms with Gasteiger partial charge in [-0.15, -0.1) is 13.2 Å². The third kappa shape index (κ3) is 4.93.